The molecule has 0 saturated carbocycles. The molecule has 0 unspecified atom stereocenters. The molecule has 1 aromatic carbocycles. The molecule has 0 aliphatic rings. The Morgan fingerprint density at radius 2 is 2.10 bits per heavy atom. The maximum atomic E-state index is 12.7. The Balaban J connectivity index is 2.02. The van der Waals surface area contributed by atoms with Crippen molar-refractivity contribution in [1.29, 1.82) is 0 Å². The van der Waals surface area contributed by atoms with Crippen molar-refractivity contribution in [2.75, 3.05) is 13.6 Å². The van der Waals surface area contributed by atoms with Gasteiger partial charge in [0.25, 0.3) is 0 Å². The number of hydrogen-bond acceptors (Lipinski definition) is 3. The van der Waals surface area contributed by atoms with Gasteiger partial charge in [-0.15, -0.1) is 11.3 Å². The smallest absolute Gasteiger partial charge is 0.320 e. The number of benzene rings is 1. The van der Waals surface area contributed by atoms with E-state index in [9.17, 15) is 13.2 Å². The number of aryl methyl sites for hydroxylation is 1. The molecule has 0 atom stereocenters. The molecule has 1 heterocycles. The second-order valence-corrected chi connectivity index (χ2v) is 5.76. The molecule has 0 spiro atoms. The highest BCUT2D eigenvalue weighted by molar-refractivity contribution is 7.09. The summed E-state index contributed by atoms with van der Waals surface area (Å²) in [5.41, 5.74) is 1.05. The summed E-state index contributed by atoms with van der Waals surface area (Å²) in [6.45, 7) is 0.931. The molecule has 2 nitrogen and oxygen atoms in total. The molecule has 0 fully saturated rings. The molecular formula is C15H17F3N2S. The van der Waals surface area contributed by atoms with E-state index in [2.05, 4.69) is 10.3 Å². The Morgan fingerprint density at radius 3 is 2.81 bits per heavy atom. The highest BCUT2D eigenvalue weighted by atomic mass is 32.1. The molecule has 2 rings (SSSR count). The fourth-order valence-corrected chi connectivity index (χ4v) is 2.89. The van der Waals surface area contributed by atoms with Crippen LogP contribution in [0.1, 0.15) is 28.2 Å². The van der Waals surface area contributed by atoms with Gasteiger partial charge in [-0.05, 0) is 38.1 Å². The fraction of sp³-hybridized carbons (Fsp3) is 0.400. The molecule has 2 aromatic rings. The predicted octanol–water partition coefficient (Wildman–Crippen LogP) is 3.90. The van der Waals surface area contributed by atoms with Gasteiger partial charge in [-0.2, -0.15) is 13.2 Å². The van der Waals surface area contributed by atoms with Crippen molar-refractivity contribution in [3.05, 3.63) is 51.5 Å². The number of halogens is 3. The van der Waals surface area contributed by atoms with Gasteiger partial charge in [0.05, 0.1) is 16.3 Å². The summed E-state index contributed by atoms with van der Waals surface area (Å²) in [6.07, 6.45) is -1.96. The second kappa shape index (κ2) is 7.04. The van der Waals surface area contributed by atoms with Crippen LogP contribution in [-0.4, -0.2) is 18.6 Å². The van der Waals surface area contributed by atoms with Crippen molar-refractivity contribution >= 4 is 11.3 Å². The molecule has 0 radical (unpaired) electrons. The molecule has 0 aliphatic heterocycles. The SMILES string of the molecule is CNCCCc1csc(Cc2cccc(C(F)(F)F)c2)n1. The molecule has 0 aliphatic carbocycles. The third kappa shape index (κ3) is 4.82. The lowest BCUT2D eigenvalue weighted by Gasteiger charge is -2.07. The van der Waals surface area contributed by atoms with E-state index in [0.717, 1.165) is 36.2 Å². The summed E-state index contributed by atoms with van der Waals surface area (Å²) in [5, 5.41) is 5.91. The fourth-order valence-electron chi connectivity index (χ4n) is 2.02. The van der Waals surface area contributed by atoms with Crippen molar-refractivity contribution in [3.8, 4) is 0 Å². The first-order valence-electron chi connectivity index (χ1n) is 6.73. The van der Waals surface area contributed by atoms with Gasteiger partial charge in [-0.3, -0.25) is 0 Å². The van der Waals surface area contributed by atoms with E-state index in [1.54, 1.807) is 6.07 Å². The lowest BCUT2D eigenvalue weighted by Crippen LogP contribution is -2.08. The van der Waals surface area contributed by atoms with Gasteiger partial charge < -0.3 is 5.32 Å². The van der Waals surface area contributed by atoms with Crippen LogP contribution in [-0.2, 0) is 19.0 Å². The highest BCUT2D eigenvalue weighted by Gasteiger charge is 2.30. The highest BCUT2D eigenvalue weighted by Crippen LogP contribution is 2.30. The normalized spacial score (nSPS) is 11.8. The average Bonchev–Trinajstić information content (AvgIpc) is 2.86. The van der Waals surface area contributed by atoms with E-state index in [1.165, 1.54) is 23.5 Å². The van der Waals surface area contributed by atoms with E-state index in [4.69, 9.17) is 0 Å². The first kappa shape index (κ1) is 16.0. The minimum absolute atomic E-state index is 0.445. The van der Waals surface area contributed by atoms with Gasteiger partial charge in [-0.25, -0.2) is 4.98 Å². The first-order chi connectivity index (χ1) is 9.99. The number of aromatic nitrogens is 1. The van der Waals surface area contributed by atoms with Crippen LogP contribution in [0, 0.1) is 0 Å². The van der Waals surface area contributed by atoms with Gasteiger partial charge >= 0.3 is 6.18 Å². The number of thiazole rings is 1. The molecule has 1 N–H and O–H groups in total. The summed E-state index contributed by atoms with van der Waals surface area (Å²) >= 11 is 1.50. The van der Waals surface area contributed by atoms with E-state index in [-0.39, 0.29) is 0 Å². The first-order valence-corrected chi connectivity index (χ1v) is 7.61. The van der Waals surface area contributed by atoms with Crippen molar-refractivity contribution in [3.63, 3.8) is 0 Å². The van der Waals surface area contributed by atoms with E-state index >= 15 is 0 Å². The number of nitrogens with one attached hydrogen (secondary N) is 1. The zero-order valence-electron chi connectivity index (χ0n) is 11.7. The summed E-state index contributed by atoms with van der Waals surface area (Å²) in [4.78, 5) is 4.48. The van der Waals surface area contributed by atoms with Gasteiger partial charge in [0.2, 0.25) is 0 Å². The molecule has 0 saturated heterocycles. The van der Waals surface area contributed by atoms with Crippen LogP contribution in [0.3, 0.4) is 0 Å². The zero-order chi connectivity index (χ0) is 15.3. The van der Waals surface area contributed by atoms with Crippen molar-refractivity contribution in [2.45, 2.75) is 25.4 Å². The van der Waals surface area contributed by atoms with Crippen LogP contribution in [0.2, 0.25) is 0 Å². The Labute approximate surface area is 126 Å². The molecule has 0 amide bonds. The maximum absolute atomic E-state index is 12.7. The topological polar surface area (TPSA) is 24.9 Å². The minimum atomic E-state index is -4.29. The Bertz CT molecular complexity index is 578. The van der Waals surface area contributed by atoms with Crippen LogP contribution in [0.4, 0.5) is 13.2 Å². The van der Waals surface area contributed by atoms with Crippen molar-refractivity contribution < 1.29 is 13.2 Å². The molecule has 0 bridgehead atoms. The van der Waals surface area contributed by atoms with E-state index in [1.807, 2.05) is 12.4 Å². The molecular weight excluding hydrogens is 297 g/mol. The second-order valence-electron chi connectivity index (χ2n) is 4.81. The summed E-state index contributed by atoms with van der Waals surface area (Å²) in [6, 6.07) is 5.44. The lowest BCUT2D eigenvalue weighted by atomic mass is 10.1. The maximum Gasteiger partial charge on any atom is 0.416 e. The number of rotatable bonds is 6. The Hall–Kier alpha value is -1.40. The predicted molar refractivity (Wildman–Crippen MR) is 78.6 cm³/mol. The van der Waals surface area contributed by atoms with Crippen LogP contribution < -0.4 is 5.32 Å². The Morgan fingerprint density at radius 1 is 1.29 bits per heavy atom. The summed E-state index contributed by atoms with van der Waals surface area (Å²) in [5.74, 6) is 0. The van der Waals surface area contributed by atoms with Crippen molar-refractivity contribution in [1.82, 2.24) is 10.3 Å². The lowest BCUT2D eigenvalue weighted by molar-refractivity contribution is -0.137. The number of nitrogens with zero attached hydrogens (tertiary/aromatic N) is 1. The Kier molecular flexibility index (Phi) is 5.36. The van der Waals surface area contributed by atoms with Gasteiger partial charge in [-0.1, -0.05) is 18.2 Å². The molecule has 21 heavy (non-hydrogen) atoms. The summed E-state index contributed by atoms with van der Waals surface area (Å²) < 4.78 is 38.0. The van der Waals surface area contributed by atoms with Crippen LogP contribution >= 0.6 is 11.3 Å². The standard InChI is InChI=1S/C15H17F3N2S/c1-19-7-3-6-13-10-21-14(20-13)9-11-4-2-5-12(8-11)15(16,17)18/h2,4-5,8,10,19H,3,6-7,9H2,1H3. The van der Waals surface area contributed by atoms with E-state index < -0.39 is 11.7 Å². The van der Waals surface area contributed by atoms with Crippen LogP contribution in [0.25, 0.3) is 0 Å². The minimum Gasteiger partial charge on any atom is -0.320 e. The number of hydrogen-bond donors (Lipinski definition) is 1. The van der Waals surface area contributed by atoms with E-state index in [0.29, 0.717) is 12.0 Å². The quantitative estimate of drug-likeness (QED) is 0.818. The van der Waals surface area contributed by atoms with Gasteiger partial charge in [0, 0.05) is 11.8 Å². The zero-order valence-corrected chi connectivity index (χ0v) is 12.5. The van der Waals surface area contributed by atoms with Crippen molar-refractivity contribution in [2.24, 2.45) is 0 Å². The summed E-state index contributed by atoms with van der Waals surface area (Å²) in [7, 11) is 1.90. The molecule has 6 heteroatoms. The number of alkyl halides is 3. The van der Waals surface area contributed by atoms with Gasteiger partial charge in [0.15, 0.2) is 0 Å². The largest absolute Gasteiger partial charge is 0.416 e. The molecule has 114 valence electrons. The van der Waals surface area contributed by atoms with Gasteiger partial charge in [0.1, 0.15) is 0 Å². The third-order valence-corrected chi connectivity index (χ3v) is 3.97. The average molecular weight is 314 g/mol. The monoisotopic (exact) mass is 314 g/mol. The van der Waals surface area contributed by atoms with Crippen LogP contribution in [0.5, 0.6) is 0 Å². The third-order valence-electron chi connectivity index (χ3n) is 3.07. The molecule has 1 aromatic heterocycles. The van der Waals surface area contributed by atoms with Crippen LogP contribution in [0.15, 0.2) is 29.6 Å².